The van der Waals surface area contributed by atoms with Crippen LogP contribution in [0.1, 0.15) is 75.6 Å². The minimum absolute atomic E-state index is 0.0832. The van der Waals surface area contributed by atoms with Crippen molar-refractivity contribution in [3.8, 4) is 0 Å². The normalized spacial score (nSPS) is 12.7. The first-order valence-corrected chi connectivity index (χ1v) is 13.3. The molecule has 39 heavy (non-hydrogen) atoms. The molecule has 3 aromatic rings. The van der Waals surface area contributed by atoms with Crippen molar-refractivity contribution in [2.45, 2.75) is 66.9 Å². The third kappa shape index (κ3) is 6.80. The van der Waals surface area contributed by atoms with Crippen LogP contribution < -0.4 is 10.6 Å². The van der Waals surface area contributed by atoms with Gasteiger partial charge in [0.25, 0.3) is 0 Å². The number of fused-ring (bicyclic) bond motifs is 1. The molecule has 1 aromatic heterocycles. The van der Waals surface area contributed by atoms with E-state index in [2.05, 4.69) is 0 Å². The highest BCUT2D eigenvalue weighted by atomic mass is 16.6. The van der Waals surface area contributed by atoms with Crippen LogP contribution in [0.3, 0.4) is 0 Å². The van der Waals surface area contributed by atoms with Gasteiger partial charge in [-0.3, -0.25) is 14.3 Å². The van der Waals surface area contributed by atoms with Gasteiger partial charge in [0.1, 0.15) is 5.60 Å². The zero-order chi connectivity index (χ0) is 29.1. The maximum absolute atomic E-state index is 13.9. The molecule has 0 fully saturated rings. The Morgan fingerprint density at radius 3 is 2.18 bits per heavy atom. The summed E-state index contributed by atoms with van der Waals surface area (Å²) in [5.41, 5.74) is 7.82. The number of benzene rings is 2. The van der Waals surface area contributed by atoms with E-state index in [4.69, 9.17) is 15.2 Å². The minimum atomic E-state index is -0.677. The summed E-state index contributed by atoms with van der Waals surface area (Å²) in [5, 5.41) is 0.761. The van der Waals surface area contributed by atoms with Crippen LogP contribution in [0.2, 0.25) is 0 Å². The zero-order valence-electron chi connectivity index (χ0n) is 24.3. The van der Waals surface area contributed by atoms with Gasteiger partial charge in [-0.1, -0.05) is 39.8 Å². The number of amides is 1. The van der Waals surface area contributed by atoms with Crippen LogP contribution >= 0.6 is 0 Å². The van der Waals surface area contributed by atoms with E-state index in [0.717, 1.165) is 10.9 Å². The van der Waals surface area contributed by atoms with Crippen molar-refractivity contribution >= 4 is 40.2 Å². The largest absolute Gasteiger partial charge is 0.465 e. The van der Waals surface area contributed by atoms with Gasteiger partial charge >= 0.3 is 12.1 Å². The number of hydrogen-bond donors (Lipinski definition) is 1. The highest BCUT2D eigenvalue weighted by Crippen LogP contribution is 2.34. The fourth-order valence-electron chi connectivity index (χ4n) is 4.85. The lowest BCUT2D eigenvalue weighted by atomic mass is 9.78. The molecular formula is C31H41N3O5. The number of carbonyl (C=O) groups excluding carboxylic acids is 3. The van der Waals surface area contributed by atoms with Crippen LogP contribution in [-0.4, -0.2) is 41.8 Å². The number of esters is 1. The number of ether oxygens (including phenoxy) is 2. The Morgan fingerprint density at radius 2 is 1.64 bits per heavy atom. The number of methoxy groups -OCH3 is 1. The van der Waals surface area contributed by atoms with Gasteiger partial charge in [0, 0.05) is 35.4 Å². The first-order chi connectivity index (χ1) is 18.2. The number of anilines is 2. The lowest BCUT2D eigenvalue weighted by Gasteiger charge is -2.29. The molecule has 1 heterocycles. The molecule has 0 saturated heterocycles. The molecule has 0 aliphatic carbocycles. The molecule has 210 valence electrons. The number of nitrogens with zero attached hydrogens (tertiary/aromatic N) is 2. The third-order valence-electron chi connectivity index (χ3n) is 6.73. The average molecular weight is 536 g/mol. The number of aromatic nitrogens is 1. The average Bonchev–Trinajstić information content (AvgIpc) is 3.22. The molecule has 0 aliphatic heterocycles. The smallest absolute Gasteiger partial charge is 0.414 e. The van der Waals surface area contributed by atoms with Gasteiger partial charge in [-0.15, -0.1) is 0 Å². The topological polar surface area (TPSA) is 104 Å². The summed E-state index contributed by atoms with van der Waals surface area (Å²) in [6.07, 6.45) is 2.38. The second-order valence-corrected chi connectivity index (χ2v) is 11.9. The lowest BCUT2D eigenvalue weighted by Crippen LogP contribution is -2.38. The van der Waals surface area contributed by atoms with E-state index in [-0.39, 0.29) is 23.8 Å². The van der Waals surface area contributed by atoms with Crippen LogP contribution in [0.4, 0.5) is 16.2 Å². The Hall–Kier alpha value is -3.81. The molecule has 2 aromatic carbocycles. The Balaban J connectivity index is 2.10. The van der Waals surface area contributed by atoms with Crippen LogP contribution in [0.15, 0.2) is 48.7 Å². The first-order valence-electron chi connectivity index (χ1n) is 13.3. The molecule has 8 nitrogen and oxygen atoms in total. The van der Waals surface area contributed by atoms with Crippen LogP contribution in [0.25, 0.3) is 10.9 Å². The molecule has 0 bridgehead atoms. The van der Waals surface area contributed by atoms with Crippen molar-refractivity contribution in [2.24, 2.45) is 11.3 Å². The summed E-state index contributed by atoms with van der Waals surface area (Å²) in [6.45, 7) is 13.9. The summed E-state index contributed by atoms with van der Waals surface area (Å²) in [4.78, 5) is 41.4. The number of nitrogens with two attached hydrogens (primary N) is 1. The number of hydrogen-bond acceptors (Lipinski definition) is 6. The molecule has 1 atom stereocenters. The summed E-state index contributed by atoms with van der Waals surface area (Å²) >= 11 is 0. The maximum atomic E-state index is 13.9. The minimum Gasteiger partial charge on any atom is -0.465 e. The van der Waals surface area contributed by atoms with Gasteiger partial charge in [0.15, 0.2) is 0 Å². The van der Waals surface area contributed by atoms with Crippen molar-refractivity contribution in [3.05, 3.63) is 59.8 Å². The van der Waals surface area contributed by atoms with Crippen molar-refractivity contribution in [2.75, 3.05) is 24.3 Å². The Bertz CT molecular complexity index is 1340. The SMILES string of the molecule is CCC(C(=O)n1cc(CCN(C(=O)OC(C)(C)C)c2ccc(N)cc2)c2cccc(C(=O)OC)c21)C(C)(C)C. The second-order valence-electron chi connectivity index (χ2n) is 11.9. The fourth-order valence-corrected chi connectivity index (χ4v) is 4.85. The molecule has 0 saturated carbocycles. The second kappa shape index (κ2) is 11.5. The van der Waals surface area contributed by atoms with E-state index < -0.39 is 17.7 Å². The molecular weight excluding hydrogens is 494 g/mol. The zero-order valence-corrected chi connectivity index (χ0v) is 24.3. The van der Waals surface area contributed by atoms with Crippen LogP contribution in [0.5, 0.6) is 0 Å². The Kier molecular flexibility index (Phi) is 8.78. The summed E-state index contributed by atoms with van der Waals surface area (Å²) in [6, 6.07) is 12.3. The predicted molar refractivity (Wildman–Crippen MR) is 155 cm³/mol. The van der Waals surface area contributed by atoms with Gasteiger partial charge in [-0.2, -0.15) is 0 Å². The standard InChI is InChI=1S/C31H41N3O5/c1-9-25(30(2,3)4)27(35)34-19-20(23-11-10-12-24(26(23)34)28(36)38-8)17-18-33(29(37)39-31(5,6)7)22-15-13-21(32)14-16-22/h10-16,19,25H,9,17-18,32H2,1-8H3. The molecule has 2 N–H and O–H groups in total. The van der Waals surface area contributed by atoms with Gasteiger partial charge in [0.05, 0.1) is 18.2 Å². The Morgan fingerprint density at radius 1 is 1.00 bits per heavy atom. The third-order valence-corrected chi connectivity index (χ3v) is 6.73. The van der Waals surface area contributed by atoms with E-state index >= 15 is 0 Å². The lowest BCUT2D eigenvalue weighted by molar-refractivity contribution is 0.0576. The Labute approximate surface area is 231 Å². The van der Waals surface area contributed by atoms with E-state index in [1.807, 2.05) is 54.5 Å². The highest BCUT2D eigenvalue weighted by Gasteiger charge is 2.33. The first kappa shape index (κ1) is 29.7. The predicted octanol–water partition coefficient (Wildman–Crippen LogP) is 6.71. The molecule has 3 rings (SSSR count). The van der Waals surface area contributed by atoms with E-state index in [9.17, 15) is 14.4 Å². The summed E-state index contributed by atoms with van der Waals surface area (Å²) < 4.78 is 12.3. The highest BCUT2D eigenvalue weighted by molar-refractivity contribution is 6.08. The summed E-state index contributed by atoms with van der Waals surface area (Å²) in [5.74, 6) is -0.861. The number of nitrogen functional groups attached to an aromatic ring is 1. The van der Waals surface area contributed by atoms with Gasteiger partial charge in [0.2, 0.25) is 5.91 Å². The number of rotatable bonds is 7. The maximum Gasteiger partial charge on any atom is 0.414 e. The van der Waals surface area contributed by atoms with Gasteiger partial charge in [-0.25, -0.2) is 9.59 Å². The van der Waals surface area contributed by atoms with Crippen molar-refractivity contribution in [3.63, 3.8) is 0 Å². The molecule has 1 unspecified atom stereocenters. The molecule has 0 radical (unpaired) electrons. The molecule has 8 heteroatoms. The van der Waals surface area contributed by atoms with Crippen molar-refractivity contribution in [1.82, 2.24) is 4.57 Å². The van der Waals surface area contributed by atoms with Crippen molar-refractivity contribution < 1.29 is 23.9 Å². The van der Waals surface area contributed by atoms with Crippen LogP contribution in [-0.2, 0) is 15.9 Å². The fraction of sp³-hybridized carbons (Fsp3) is 0.452. The van der Waals surface area contributed by atoms with E-state index in [0.29, 0.717) is 35.3 Å². The summed E-state index contributed by atoms with van der Waals surface area (Å²) in [7, 11) is 1.33. The van der Waals surface area contributed by atoms with Gasteiger partial charge in [-0.05, 0) is 74.9 Å². The quantitative estimate of drug-likeness (QED) is 0.266. The number of para-hydroxylation sites is 1. The monoisotopic (exact) mass is 535 g/mol. The van der Waals surface area contributed by atoms with E-state index in [1.165, 1.54) is 7.11 Å². The van der Waals surface area contributed by atoms with E-state index in [1.54, 1.807) is 52.1 Å². The van der Waals surface area contributed by atoms with Crippen LogP contribution in [0, 0.1) is 11.3 Å². The molecule has 0 spiro atoms. The van der Waals surface area contributed by atoms with Gasteiger partial charge < -0.3 is 15.2 Å². The van der Waals surface area contributed by atoms with Crippen molar-refractivity contribution in [1.29, 1.82) is 0 Å². The molecule has 0 aliphatic rings. The number of carbonyl (C=O) groups is 3. The molecule has 1 amide bonds.